The van der Waals surface area contributed by atoms with Crippen LogP contribution in [0.3, 0.4) is 0 Å². The van der Waals surface area contributed by atoms with Gasteiger partial charge in [0.1, 0.15) is 0 Å². The van der Waals surface area contributed by atoms with Crippen LogP contribution >= 0.6 is 0 Å². The summed E-state index contributed by atoms with van der Waals surface area (Å²) < 4.78 is 0. The van der Waals surface area contributed by atoms with Gasteiger partial charge in [-0.3, -0.25) is 0 Å². The predicted octanol–water partition coefficient (Wildman–Crippen LogP) is 13.0. The summed E-state index contributed by atoms with van der Waals surface area (Å²) >= 11 is 0. The lowest BCUT2D eigenvalue weighted by Gasteiger charge is -2.34. The standard InChI is InChI=1S/C49H38/c1-48(2,3)35-27-25-34(26-28-35)39-29-30-41(40-23-14-16-33-15-10-11-21-38(33)40)43-31-45-42-22-12-13-24-46(42)49(47(45)32-44(39)43,36-17-6-4-7-18-36)37-19-8-5-9-20-37/h4-32H,1-3H3. The second-order valence-corrected chi connectivity index (χ2v) is 14.5. The van der Waals surface area contributed by atoms with Gasteiger partial charge in [0.05, 0.1) is 5.41 Å². The fraction of sp³-hybridized carbons (Fsp3) is 0.102. The van der Waals surface area contributed by atoms with Crippen LogP contribution < -0.4 is 0 Å². The van der Waals surface area contributed by atoms with Gasteiger partial charge in [-0.15, -0.1) is 0 Å². The number of hydrogen-bond acceptors (Lipinski definition) is 0. The summed E-state index contributed by atoms with van der Waals surface area (Å²) in [6.07, 6.45) is 0. The Morgan fingerprint density at radius 2 is 0.918 bits per heavy atom. The molecule has 0 nitrogen and oxygen atoms in total. The van der Waals surface area contributed by atoms with Crippen molar-refractivity contribution < 1.29 is 0 Å². The summed E-state index contributed by atoms with van der Waals surface area (Å²) in [5.74, 6) is 0. The molecule has 0 bridgehead atoms. The van der Waals surface area contributed by atoms with Crippen molar-refractivity contribution in [2.45, 2.75) is 31.6 Å². The van der Waals surface area contributed by atoms with E-state index in [9.17, 15) is 0 Å². The number of rotatable bonds is 4. The molecule has 0 amide bonds. The quantitative estimate of drug-likeness (QED) is 0.182. The molecule has 0 atom stereocenters. The normalized spacial score (nSPS) is 13.4. The maximum Gasteiger partial charge on any atom is 0.0713 e. The number of hydrogen-bond donors (Lipinski definition) is 0. The number of benzene rings is 8. The van der Waals surface area contributed by atoms with Gasteiger partial charge in [0.25, 0.3) is 0 Å². The molecule has 1 aliphatic carbocycles. The highest BCUT2D eigenvalue weighted by Crippen LogP contribution is 2.57. The molecule has 0 unspecified atom stereocenters. The Morgan fingerprint density at radius 3 is 1.63 bits per heavy atom. The third-order valence-corrected chi connectivity index (χ3v) is 10.7. The van der Waals surface area contributed by atoms with Crippen molar-refractivity contribution in [1.82, 2.24) is 0 Å². The second-order valence-electron chi connectivity index (χ2n) is 14.5. The van der Waals surface area contributed by atoms with E-state index in [2.05, 4.69) is 197 Å². The minimum absolute atomic E-state index is 0.0936. The largest absolute Gasteiger partial charge is 0.0713 e. The molecule has 234 valence electrons. The fourth-order valence-corrected chi connectivity index (χ4v) is 8.38. The first kappa shape index (κ1) is 29.4. The summed E-state index contributed by atoms with van der Waals surface area (Å²) in [7, 11) is 0. The molecule has 1 aliphatic rings. The van der Waals surface area contributed by atoms with Gasteiger partial charge in [-0.1, -0.05) is 185 Å². The van der Waals surface area contributed by atoms with Crippen LogP contribution in [-0.4, -0.2) is 0 Å². The predicted molar refractivity (Wildman–Crippen MR) is 208 cm³/mol. The van der Waals surface area contributed by atoms with E-state index in [1.165, 1.54) is 82.7 Å². The molecule has 0 aliphatic heterocycles. The highest BCUT2D eigenvalue weighted by molar-refractivity contribution is 6.12. The highest BCUT2D eigenvalue weighted by Gasteiger charge is 2.46. The van der Waals surface area contributed by atoms with E-state index >= 15 is 0 Å². The molecule has 9 rings (SSSR count). The molecule has 0 radical (unpaired) electrons. The Bertz CT molecular complexity index is 2450. The molecule has 0 fully saturated rings. The number of fused-ring (bicyclic) bond motifs is 5. The lowest BCUT2D eigenvalue weighted by Crippen LogP contribution is -2.28. The van der Waals surface area contributed by atoms with E-state index in [1.807, 2.05) is 0 Å². The molecule has 0 N–H and O–H groups in total. The highest BCUT2D eigenvalue weighted by atomic mass is 14.5. The third kappa shape index (κ3) is 4.51. The summed E-state index contributed by atoms with van der Waals surface area (Å²) in [5.41, 5.74) is 13.9. The smallest absolute Gasteiger partial charge is 0.0622 e. The minimum atomic E-state index is -0.453. The van der Waals surface area contributed by atoms with E-state index in [0.29, 0.717) is 0 Å². The molecule has 0 spiro atoms. The lowest BCUT2D eigenvalue weighted by molar-refractivity contribution is 0.590. The van der Waals surface area contributed by atoms with Gasteiger partial charge in [0, 0.05) is 0 Å². The molecule has 0 saturated carbocycles. The van der Waals surface area contributed by atoms with Crippen molar-refractivity contribution in [3.8, 4) is 33.4 Å². The molecule has 49 heavy (non-hydrogen) atoms. The van der Waals surface area contributed by atoms with Gasteiger partial charge in [-0.25, -0.2) is 0 Å². The van der Waals surface area contributed by atoms with Gasteiger partial charge in [-0.05, 0) is 100 Å². The van der Waals surface area contributed by atoms with Crippen LogP contribution in [0.4, 0.5) is 0 Å². The van der Waals surface area contributed by atoms with Crippen LogP contribution in [0.25, 0.3) is 54.9 Å². The Labute approximate surface area is 289 Å². The van der Waals surface area contributed by atoms with Crippen LogP contribution in [0.2, 0.25) is 0 Å². The summed E-state index contributed by atoms with van der Waals surface area (Å²) in [4.78, 5) is 0. The topological polar surface area (TPSA) is 0 Å². The first-order valence-electron chi connectivity index (χ1n) is 17.4. The summed E-state index contributed by atoms with van der Waals surface area (Å²) in [5, 5.41) is 5.09. The van der Waals surface area contributed by atoms with Crippen molar-refractivity contribution in [2.24, 2.45) is 0 Å². The van der Waals surface area contributed by atoms with E-state index in [4.69, 9.17) is 0 Å². The van der Waals surface area contributed by atoms with Crippen molar-refractivity contribution >= 4 is 21.5 Å². The van der Waals surface area contributed by atoms with Crippen LogP contribution in [-0.2, 0) is 10.8 Å². The minimum Gasteiger partial charge on any atom is -0.0622 e. The van der Waals surface area contributed by atoms with Crippen LogP contribution in [0.15, 0.2) is 176 Å². The summed E-state index contributed by atoms with van der Waals surface area (Å²) in [6, 6.07) is 65.7. The van der Waals surface area contributed by atoms with Gasteiger partial charge in [0.15, 0.2) is 0 Å². The van der Waals surface area contributed by atoms with Crippen molar-refractivity contribution in [3.63, 3.8) is 0 Å². The van der Waals surface area contributed by atoms with Crippen LogP contribution in [0, 0.1) is 0 Å². The van der Waals surface area contributed by atoms with Crippen molar-refractivity contribution in [1.29, 1.82) is 0 Å². The molecule has 0 heterocycles. The van der Waals surface area contributed by atoms with E-state index < -0.39 is 5.41 Å². The van der Waals surface area contributed by atoms with E-state index in [1.54, 1.807) is 0 Å². The van der Waals surface area contributed by atoms with Gasteiger partial charge >= 0.3 is 0 Å². The van der Waals surface area contributed by atoms with Crippen molar-refractivity contribution in [2.75, 3.05) is 0 Å². The Balaban J connectivity index is 1.42. The monoisotopic (exact) mass is 626 g/mol. The zero-order valence-electron chi connectivity index (χ0n) is 28.2. The molecule has 0 aromatic heterocycles. The second kappa shape index (κ2) is 11.2. The van der Waals surface area contributed by atoms with Crippen LogP contribution in [0.1, 0.15) is 48.6 Å². The zero-order valence-corrected chi connectivity index (χ0v) is 28.2. The fourth-order valence-electron chi connectivity index (χ4n) is 8.38. The molecule has 8 aromatic carbocycles. The third-order valence-electron chi connectivity index (χ3n) is 10.7. The molecular formula is C49H38. The first-order chi connectivity index (χ1) is 23.9. The van der Waals surface area contributed by atoms with E-state index in [0.717, 1.165) is 0 Å². The van der Waals surface area contributed by atoms with Crippen molar-refractivity contribution in [3.05, 3.63) is 204 Å². The molecule has 8 aromatic rings. The Hall–Kier alpha value is -5.72. The lowest BCUT2D eigenvalue weighted by atomic mass is 9.67. The SMILES string of the molecule is CC(C)(C)c1ccc(-c2ccc(-c3cccc4ccccc34)c3cc4c(cc23)C(c2ccccc2)(c2ccccc2)c2ccccc2-4)cc1. The average Bonchev–Trinajstić information content (AvgIpc) is 3.44. The maximum atomic E-state index is 2.53. The molecular weight excluding hydrogens is 589 g/mol. The maximum absolute atomic E-state index is 2.53. The summed E-state index contributed by atoms with van der Waals surface area (Å²) in [6.45, 7) is 6.85. The first-order valence-corrected chi connectivity index (χ1v) is 17.4. The molecule has 0 heteroatoms. The van der Waals surface area contributed by atoms with Gasteiger partial charge in [0.2, 0.25) is 0 Å². The Kier molecular flexibility index (Phi) is 6.71. The Morgan fingerprint density at radius 1 is 0.367 bits per heavy atom. The van der Waals surface area contributed by atoms with Gasteiger partial charge in [-0.2, -0.15) is 0 Å². The van der Waals surface area contributed by atoms with Gasteiger partial charge < -0.3 is 0 Å². The average molecular weight is 627 g/mol. The van der Waals surface area contributed by atoms with Crippen LogP contribution in [0.5, 0.6) is 0 Å². The van der Waals surface area contributed by atoms with E-state index in [-0.39, 0.29) is 5.41 Å². The zero-order chi connectivity index (χ0) is 33.2. The molecule has 0 saturated heterocycles.